The Balaban J connectivity index is 1.91. The van der Waals surface area contributed by atoms with Gasteiger partial charge in [0.1, 0.15) is 5.75 Å². The van der Waals surface area contributed by atoms with Crippen molar-refractivity contribution in [2.75, 3.05) is 13.1 Å². The number of likely N-dealkylation sites (tertiary alicyclic amines) is 1. The zero-order valence-electron chi connectivity index (χ0n) is 12.2. The van der Waals surface area contributed by atoms with Crippen LogP contribution in [-0.4, -0.2) is 34.2 Å². The van der Waals surface area contributed by atoms with Crippen LogP contribution in [0, 0.1) is 19.8 Å². The van der Waals surface area contributed by atoms with E-state index in [2.05, 4.69) is 4.90 Å². The highest BCUT2D eigenvalue weighted by Crippen LogP contribution is 2.26. The van der Waals surface area contributed by atoms with Crippen LogP contribution in [0.15, 0.2) is 12.1 Å². The molecule has 0 radical (unpaired) electrons. The molecule has 0 bridgehead atoms. The lowest BCUT2D eigenvalue weighted by molar-refractivity contribution is -0.138. The van der Waals surface area contributed by atoms with Crippen LogP contribution >= 0.6 is 0 Å². The summed E-state index contributed by atoms with van der Waals surface area (Å²) in [6.07, 6.45) is 2.22. The third kappa shape index (κ3) is 3.73. The Bertz CT molecular complexity index is 467. The van der Waals surface area contributed by atoms with Gasteiger partial charge in [0.15, 0.2) is 0 Å². The summed E-state index contributed by atoms with van der Waals surface area (Å²) >= 11 is 0. The van der Waals surface area contributed by atoms with Crippen LogP contribution < -0.4 is 0 Å². The molecule has 1 aromatic carbocycles. The zero-order chi connectivity index (χ0) is 14.7. The molecule has 0 atom stereocenters. The fourth-order valence-corrected chi connectivity index (χ4v) is 2.99. The van der Waals surface area contributed by atoms with Crippen molar-refractivity contribution in [2.24, 2.45) is 5.92 Å². The quantitative estimate of drug-likeness (QED) is 0.888. The van der Waals surface area contributed by atoms with Gasteiger partial charge < -0.3 is 10.2 Å². The number of aromatic hydroxyl groups is 1. The van der Waals surface area contributed by atoms with Crippen LogP contribution in [0.4, 0.5) is 0 Å². The van der Waals surface area contributed by atoms with Crippen LogP contribution in [0.1, 0.15) is 36.0 Å². The zero-order valence-corrected chi connectivity index (χ0v) is 12.2. The van der Waals surface area contributed by atoms with Crippen LogP contribution in [-0.2, 0) is 11.3 Å². The number of carboxylic acid groups (broad SMARTS) is 1. The molecule has 2 N–H and O–H groups in total. The van der Waals surface area contributed by atoms with Crippen molar-refractivity contribution in [2.45, 2.75) is 39.7 Å². The summed E-state index contributed by atoms with van der Waals surface area (Å²) in [6, 6.07) is 4.07. The summed E-state index contributed by atoms with van der Waals surface area (Å²) in [5.41, 5.74) is 3.05. The van der Waals surface area contributed by atoms with Crippen molar-refractivity contribution in [3.8, 4) is 5.75 Å². The van der Waals surface area contributed by atoms with E-state index >= 15 is 0 Å². The Morgan fingerprint density at radius 3 is 2.30 bits per heavy atom. The van der Waals surface area contributed by atoms with Gasteiger partial charge in [0.25, 0.3) is 0 Å². The lowest BCUT2D eigenvalue weighted by Crippen LogP contribution is -2.33. The highest BCUT2D eigenvalue weighted by molar-refractivity contribution is 5.67. The largest absolute Gasteiger partial charge is 0.507 e. The van der Waals surface area contributed by atoms with E-state index in [0.29, 0.717) is 18.1 Å². The van der Waals surface area contributed by atoms with Crippen molar-refractivity contribution < 1.29 is 15.0 Å². The van der Waals surface area contributed by atoms with E-state index in [0.717, 1.165) is 43.6 Å². The summed E-state index contributed by atoms with van der Waals surface area (Å²) in [5.74, 6) is 0.0224. The summed E-state index contributed by atoms with van der Waals surface area (Å²) in [6.45, 7) is 6.63. The Morgan fingerprint density at radius 1 is 1.25 bits per heavy atom. The first-order valence-corrected chi connectivity index (χ1v) is 7.19. The molecule has 1 fully saturated rings. The van der Waals surface area contributed by atoms with Crippen LogP contribution in [0.3, 0.4) is 0 Å². The fraction of sp³-hybridized carbons (Fsp3) is 0.562. The van der Waals surface area contributed by atoms with Crippen LogP contribution in [0.2, 0.25) is 0 Å². The molecule has 1 aliphatic rings. The number of benzene rings is 1. The van der Waals surface area contributed by atoms with Gasteiger partial charge in [-0.3, -0.25) is 9.69 Å². The number of hydrogen-bond acceptors (Lipinski definition) is 3. The predicted octanol–water partition coefficient (Wildman–Crippen LogP) is 2.70. The summed E-state index contributed by atoms with van der Waals surface area (Å²) in [4.78, 5) is 13.1. The summed E-state index contributed by atoms with van der Waals surface area (Å²) in [7, 11) is 0. The fourth-order valence-electron chi connectivity index (χ4n) is 2.99. The first-order valence-electron chi connectivity index (χ1n) is 7.19. The van der Waals surface area contributed by atoms with Gasteiger partial charge in [-0.15, -0.1) is 0 Å². The number of aliphatic carboxylic acids is 1. The monoisotopic (exact) mass is 277 g/mol. The first-order chi connectivity index (χ1) is 9.45. The molecule has 0 aromatic heterocycles. The van der Waals surface area contributed by atoms with E-state index in [1.54, 1.807) is 0 Å². The molecular weight excluding hydrogens is 254 g/mol. The Morgan fingerprint density at radius 2 is 1.80 bits per heavy atom. The van der Waals surface area contributed by atoms with Gasteiger partial charge in [-0.2, -0.15) is 0 Å². The van der Waals surface area contributed by atoms with E-state index in [9.17, 15) is 9.90 Å². The van der Waals surface area contributed by atoms with Gasteiger partial charge >= 0.3 is 5.97 Å². The highest BCUT2D eigenvalue weighted by atomic mass is 16.4. The smallest absolute Gasteiger partial charge is 0.303 e. The number of aryl methyl sites for hydroxylation is 2. The molecule has 1 aromatic rings. The number of rotatable bonds is 4. The topological polar surface area (TPSA) is 60.8 Å². The van der Waals surface area contributed by atoms with Crippen LogP contribution in [0.5, 0.6) is 5.75 Å². The van der Waals surface area contributed by atoms with E-state index in [1.807, 2.05) is 26.0 Å². The SMILES string of the molecule is Cc1cc(CN2CCC(CC(=O)O)CC2)cc(C)c1O. The van der Waals surface area contributed by atoms with Gasteiger partial charge in [-0.1, -0.05) is 12.1 Å². The van der Waals surface area contributed by atoms with Gasteiger partial charge in [0.2, 0.25) is 0 Å². The van der Waals surface area contributed by atoms with E-state index in [1.165, 1.54) is 5.56 Å². The second kappa shape index (κ2) is 6.27. The molecule has 4 heteroatoms. The third-order valence-corrected chi connectivity index (χ3v) is 4.13. The average Bonchev–Trinajstić information content (AvgIpc) is 2.37. The minimum atomic E-state index is -0.687. The molecular formula is C16H23NO3. The number of nitrogens with zero attached hydrogens (tertiary/aromatic N) is 1. The number of piperidine rings is 1. The maximum absolute atomic E-state index is 10.7. The number of phenols is 1. The molecule has 0 saturated carbocycles. The van der Waals surface area contributed by atoms with Crippen molar-refractivity contribution >= 4 is 5.97 Å². The summed E-state index contributed by atoms with van der Waals surface area (Å²) < 4.78 is 0. The lowest BCUT2D eigenvalue weighted by Gasteiger charge is -2.31. The predicted molar refractivity (Wildman–Crippen MR) is 77.8 cm³/mol. The number of phenolic OH excluding ortho intramolecular Hbond substituents is 1. The molecule has 1 saturated heterocycles. The number of carbonyl (C=O) groups is 1. The van der Waals surface area contributed by atoms with Gasteiger partial charge in [-0.05, 0) is 62.4 Å². The van der Waals surface area contributed by atoms with Crippen LogP contribution in [0.25, 0.3) is 0 Å². The van der Waals surface area contributed by atoms with Gasteiger partial charge in [-0.25, -0.2) is 0 Å². The normalized spacial score (nSPS) is 17.3. The molecule has 0 unspecified atom stereocenters. The van der Waals surface area contributed by atoms with E-state index < -0.39 is 5.97 Å². The lowest BCUT2D eigenvalue weighted by atomic mass is 9.93. The first kappa shape index (κ1) is 14.9. The molecule has 1 heterocycles. The van der Waals surface area contributed by atoms with E-state index in [4.69, 9.17) is 5.11 Å². The second-order valence-corrected chi connectivity index (χ2v) is 5.90. The van der Waals surface area contributed by atoms with Crippen molar-refractivity contribution in [1.82, 2.24) is 4.90 Å². The summed E-state index contributed by atoms with van der Waals surface area (Å²) in [5, 5.41) is 18.6. The van der Waals surface area contributed by atoms with Gasteiger partial charge in [0.05, 0.1) is 0 Å². The minimum absolute atomic E-state index is 0.297. The standard InChI is InChI=1S/C16H23NO3/c1-11-7-14(8-12(2)16(11)20)10-17-5-3-13(4-6-17)9-15(18)19/h7-8,13,20H,3-6,9-10H2,1-2H3,(H,18,19). The van der Waals surface area contributed by atoms with Crippen molar-refractivity contribution in [1.29, 1.82) is 0 Å². The average molecular weight is 277 g/mol. The molecule has 1 aliphatic heterocycles. The second-order valence-electron chi connectivity index (χ2n) is 5.90. The maximum Gasteiger partial charge on any atom is 0.303 e. The molecule has 2 rings (SSSR count). The Kier molecular flexibility index (Phi) is 4.65. The number of hydrogen-bond donors (Lipinski definition) is 2. The third-order valence-electron chi connectivity index (χ3n) is 4.13. The Hall–Kier alpha value is -1.55. The van der Waals surface area contributed by atoms with Crippen molar-refractivity contribution in [3.05, 3.63) is 28.8 Å². The van der Waals surface area contributed by atoms with E-state index in [-0.39, 0.29) is 0 Å². The molecule has 0 spiro atoms. The molecule has 20 heavy (non-hydrogen) atoms. The minimum Gasteiger partial charge on any atom is -0.507 e. The van der Waals surface area contributed by atoms with Gasteiger partial charge in [0, 0.05) is 13.0 Å². The van der Waals surface area contributed by atoms with Crippen molar-refractivity contribution in [3.63, 3.8) is 0 Å². The maximum atomic E-state index is 10.7. The Labute approximate surface area is 120 Å². The molecule has 110 valence electrons. The highest BCUT2D eigenvalue weighted by Gasteiger charge is 2.21. The molecule has 0 aliphatic carbocycles. The molecule has 0 amide bonds. The molecule has 4 nitrogen and oxygen atoms in total. The number of carboxylic acids is 1.